The van der Waals surface area contributed by atoms with Crippen LogP contribution in [0.2, 0.25) is 0 Å². The Hall–Kier alpha value is -0.980. The largest absolute Gasteiger partial charge is 0.385 e. The summed E-state index contributed by atoms with van der Waals surface area (Å²) in [5, 5.41) is 3.46. The number of aryl methyl sites for hydroxylation is 1. The van der Waals surface area contributed by atoms with E-state index in [4.69, 9.17) is 0 Å². The van der Waals surface area contributed by atoms with Crippen molar-refractivity contribution < 1.29 is 0 Å². The third kappa shape index (κ3) is 1.31. The monoisotopic (exact) mass is 187 g/mol. The van der Waals surface area contributed by atoms with Crippen LogP contribution in [0.1, 0.15) is 42.7 Å². The predicted octanol–water partition coefficient (Wildman–Crippen LogP) is 3.31. The maximum atomic E-state index is 3.46. The summed E-state index contributed by atoms with van der Waals surface area (Å²) >= 11 is 0. The fraction of sp³-hybridized carbons (Fsp3) is 0.538. The molecule has 14 heavy (non-hydrogen) atoms. The Balaban J connectivity index is 1.92. The van der Waals surface area contributed by atoms with E-state index in [1.807, 2.05) is 0 Å². The first-order valence-electron chi connectivity index (χ1n) is 5.80. The van der Waals surface area contributed by atoms with E-state index in [-0.39, 0.29) is 0 Å². The number of benzene rings is 1. The van der Waals surface area contributed by atoms with E-state index < -0.39 is 0 Å². The molecule has 1 aliphatic heterocycles. The van der Waals surface area contributed by atoms with Gasteiger partial charge in [-0.1, -0.05) is 18.6 Å². The topological polar surface area (TPSA) is 12.0 Å². The molecule has 0 spiro atoms. The Bertz CT molecular complexity index is 339. The molecule has 0 amide bonds. The van der Waals surface area contributed by atoms with Crippen molar-refractivity contribution in [1.29, 1.82) is 0 Å². The summed E-state index contributed by atoms with van der Waals surface area (Å²) in [6, 6.07) is 7.04. The maximum Gasteiger partial charge on any atom is 0.0372 e. The lowest BCUT2D eigenvalue weighted by Crippen LogP contribution is -2.14. The average molecular weight is 187 g/mol. The molecular weight excluding hydrogens is 170 g/mol. The Kier molecular flexibility index (Phi) is 1.97. The molecule has 0 aromatic heterocycles. The van der Waals surface area contributed by atoms with Gasteiger partial charge in [-0.2, -0.15) is 0 Å². The van der Waals surface area contributed by atoms with Crippen LogP contribution < -0.4 is 5.32 Å². The second kappa shape index (κ2) is 3.30. The highest BCUT2D eigenvalue weighted by molar-refractivity contribution is 5.54. The van der Waals surface area contributed by atoms with Gasteiger partial charge in [0.25, 0.3) is 0 Å². The summed E-state index contributed by atoms with van der Waals surface area (Å²) in [4.78, 5) is 0. The first-order chi connectivity index (χ1) is 6.93. The molecule has 1 nitrogen and oxygen atoms in total. The lowest BCUT2D eigenvalue weighted by atomic mass is 9.79. The molecule has 1 N–H and O–H groups in total. The van der Waals surface area contributed by atoms with Crippen LogP contribution in [-0.4, -0.2) is 6.54 Å². The third-order valence-corrected chi connectivity index (χ3v) is 3.64. The van der Waals surface area contributed by atoms with Crippen molar-refractivity contribution in [1.82, 2.24) is 0 Å². The molecule has 0 radical (unpaired) electrons. The van der Waals surface area contributed by atoms with Crippen LogP contribution in [0.15, 0.2) is 18.2 Å². The molecule has 1 saturated carbocycles. The second-order valence-corrected chi connectivity index (χ2v) is 4.57. The van der Waals surface area contributed by atoms with Crippen molar-refractivity contribution in [2.24, 2.45) is 0 Å². The molecule has 2 aliphatic rings. The van der Waals surface area contributed by atoms with Gasteiger partial charge in [-0.3, -0.25) is 0 Å². The van der Waals surface area contributed by atoms with Crippen LogP contribution in [0, 0.1) is 0 Å². The SMILES string of the molecule is c1cc2c(cc1C1CCC1)CCCN2. The smallest absolute Gasteiger partial charge is 0.0372 e. The summed E-state index contributed by atoms with van der Waals surface area (Å²) in [7, 11) is 0. The van der Waals surface area contributed by atoms with Gasteiger partial charge in [0.05, 0.1) is 0 Å². The van der Waals surface area contributed by atoms with Crippen molar-refractivity contribution >= 4 is 5.69 Å². The zero-order chi connectivity index (χ0) is 9.38. The normalized spacial score (nSPS) is 20.9. The fourth-order valence-electron chi connectivity index (χ4n) is 2.49. The van der Waals surface area contributed by atoms with Crippen LogP contribution >= 0.6 is 0 Å². The summed E-state index contributed by atoms with van der Waals surface area (Å²) in [6.45, 7) is 1.15. The summed E-state index contributed by atoms with van der Waals surface area (Å²) in [6.07, 6.45) is 6.81. The summed E-state index contributed by atoms with van der Waals surface area (Å²) < 4.78 is 0. The molecule has 3 rings (SSSR count). The second-order valence-electron chi connectivity index (χ2n) is 4.57. The standard InChI is InChI=1S/C13H17N/c1-3-10(4-1)11-6-7-13-12(9-11)5-2-8-14-13/h6-7,9-10,14H,1-5,8H2. The highest BCUT2D eigenvalue weighted by atomic mass is 14.9. The van der Waals surface area contributed by atoms with Gasteiger partial charge in [-0.05, 0) is 48.8 Å². The lowest BCUT2D eigenvalue weighted by molar-refractivity contribution is 0.419. The average Bonchev–Trinajstić information content (AvgIpc) is 2.15. The van der Waals surface area contributed by atoms with E-state index in [9.17, 15) is 0 Å². The van der Waals surface area contributed by atoms with E-state index in [0.29, 0.717) is 0 Å². The number of fused-ring (bicyclic) bond motifs is 1. The van der Waals surface area contributed by atoms with E-state index in [2.05, 4.69) is 23.5 Å². The molecule has 1 heterocycles. The Morgan fingerprint density at radius 1 is 1.14 bits per heavy atom. The van der Waals surface area contributed by atoms with Gasteiger partial charge in [-0.25, -0.2) is 0 Å². The molecule has 0 atom stereocenters. The Morgan fingerprint density at radius 2 is 2.07 bits per heavy atom. The van der Waals surface area contributed by atoms with Gasteiger partial charge in [-0.15, -0.1) is 0 Å². The van der Waals surface area contributed by atoms with Gasteiger partial charge in [0.1, 0.15) is 0 Å². The molecule has 1 aromatic rings. The number of nitrogens with one attached hydrogen (secondary N) is 1. The number of rotatable bonds is 1. The molecule has 0 bridgehead atoms. The minimum absolute atomic E-state index is 0.877. The van der Waals surface area contributed by atoms with Crippen molar-refractivity contribution in [3.05, 3.63) is 29.3 Å². The van der Waals surface area contributed by atoms with Gasteiger partial charge in [0.2, 0.25) is 0 Å². The molecule has 0 saturated heterocycles. The molecular formula is C13H17N. The zero-order valence-electron chi connectivity index (χ0n) is 8.55. The lowest BCUT2D eigenvalue weighted by Gasteiger charge is -2.27. The maximum absolute atomic E-state index is 3.46. The van der Waals surface area contributed by atoms with E-state index in [1.165, 1.54) is 37.8 Å². The van der Waals surface area contributed by atoms with E-state index >= 15 is 0 Å². The molecule has 74 valence electrons. The molecule has 1 heteroatoms. The van der Waals surface area contributed by atoms with E-state index in [1.54, 1.807) is 11.1 Å². The van der Waals surface area contributed by atoms with Gasteiger partial charge in [0.15, 0.2) is 0 Å². The van der Waals surface area contributed by atoms with Gasteiger partial charge < -0.3 is 5.32 Å². The van der Waals surface area contributed by atoms with Gasteiger partial charge in [0, 0.05) is 12.2 Å². The number of hydrogen-bond acceptors (Lipinski definition) is 1. The Labute approximate surface area is 85.5 Å². The zero-order valence-corrected chi connectivity index (χ0v) is 8.55. The first-order valence-corrected chi connectivity index (χ1v) is 5.80. The third-order valence-electron chi connectivity index (χ3n) is 3.64. The quantitative estimate of drug-likeness (QED) is 0.711. The van der Waals surface area contributed by atoms with Crippen LogP contribution in [0.5, 0.6) is 0 Å². The van der Waals surface area contributed by atoms with Crippen molar-refractivity contribution in [2.75, 3.05) is 11.9 Å². The van der Waals surface area contributed by atoms with E-state index in [0.717, 1.165) is 12.5 Å². The van der Waals surface area contributed by atoms with Crippen molar-refractivity contribution in [3.8, 4) is 0 Å². The van der Waals surface area contributed by atoms with Crippen LogP contribution in [-0.2, 0) is 6.42 Å². The molecule has 0 unspecified atom stereocenters. The summed E-state index contributed by atoms with van der Waals surface area (Å²) in [5.74, 6) is 0.877. The van der Waals surface area contributed by atoms with Crippen molar-refractivity contribution in [2.45, 2.75) is 38.0 Å². The van der Waals surface area contributed by atoms with Crippen LogP contribution in [0.4, 0.5) is 5.69 Å². The predicted molar refractivity (Wildman–Crippen MR) is 59.8 cm³/mol. The van der Waals surface area contributed by atoms with Gasteiger partial charge >= 0.3 is 0 Å². The molecule has 1 aliphatic carbocycles. The number of anilines is 1. The molecule has 1 fully saturated rings. The highest BCUT2D eigenvalue weighted by Crippen LogP contribution is 2.38. The fourth-order valence-corrected chi connectivity index (χ4v) is 2.49. The molecule has 1 aromatic carbocycles. The van der Waals surface area contributed by atoms with Crippen molar-refractivity contribution in [3.63, 3.8) is 0 Å². The highest BCUT2D eigenvalue weighted by Gasteiger charge is 2.20. The summed E-state index contributed by atoms with van der Waals surface area (Å²) in [5.41, 5.74) is 4.50. The first kappa shape index (κ1) is 8.34. The van der Waals surface area contributed by atoms with Crippen LogP contribution in [0.25, 0.3) is 0 Å². The minimum atomic E-state index is 0.877. The van der Waals surface area contributed by atoms with Crippen LogP contribution in [0.3, 0.4) is 0 Å². The number of hydrogen-bond donors (Lipinski definition) is 1. The minimum Gasteiger partial charge on any atom is -0.385 e. The Morgan fingerprint density at radius 3 is 2.86 bits per heavy atom.